The van der Waals surface area contributed by atoms with E-state index in [0.717, 1.165) is 17.1 Å². The number of nitrogens with two attached hydrogens (primary N) is 1. The van der Waals surface area contributed by atoms with E-state index in [1.807, 2.05) is 6.07 Å². The van der Waals surface area contributed by atoms with Crippen LogP contribution in [0.15, 0.2) is 23.4 Å². The molecule has 0 saturated heterocycles. The lowest BCUT2D eigenvalue weighted by Gasteiger charge is -2.06. The molecule has 0 aliphatic rings. The first-order valence-electron chi connectivity index (χ1n) is 4.10. The van der Waals surface area contributed by atoms with Crippen LogP contribution in [0, 0.1) is 0 Å². The van der Waals surface area contributed by atoms with Gasteiger partial charge in [-0.15, -0.1) is 11.8 Å². The second-order valence-corrected chi connectivity index (χ2v) is 4.22. The van der Waals surface area contributed by atoms with Crippen LogP contribution in [0.1, 0.15) is 20.3 Å². The van der Waals surface area contributed by atoms with Crippen molar-refractivity contribution >= 4 is 17.4 Å². The average Bonchev–Trinajstić information content (AvgIpc) is 2.04. The summed E-state index contributed by atoms with van der Waals surface area (Å²) in [6.45, 7) is 4.36. The molecule has 0 amide bonds. The molecule has 1 aromatic heterocycles. The zero-order valence-corrected chi connectivity index (χ0v) is 8.27. The number of thioether (sulfide) groups is 1. The maximum Gasteiger partial charge on any atom is 0.0982 e. The monoisotopic (exact) mass is 182 g/mol. The van der Waals surface area contributed by atoms with Gasteiger partial charge in [0, 0.05) is 17.1 Å². The number of nitrogens with zero attached hydrogens (tertiary/aromatic N) is 1. The first-order chi connectivity index (χ1) is 5.72. The third kappa shape index (κ3) is 2.74. The van der Waals surface area contributed by atoms with Gasteiger partial charge in [0.15, 0.2) is 0 Å². The molecule has 0 bridgehead atoms. The van der Waals surface area contributed by atoms with Crippen molar-refractivity contribution < 1.29 is 0 Å². The van der Waals surface area contributed by atoms with Gasteiger partial charge < -0.3 is 5.73 Å². The summed E-state index contributed by atoms with van der Waals surface area (Å²) in [6, 6.07) is 3.72. The van der Waals surface area contributed by atoms with Crippen molar-refractivity contribution in [2.75, 3.05) is 5.73 Å². The first kappa shape index (κ1) is 9.39. The highest BCUT2D eigenvalue weighted by atomic mass is 32.2. The molecular weight excluding hydrogens is 168 g/mol. The summed E-state index contributed by atoms with van der Waals surface area (Å²) in [5, 5.41) is 1.63. The van der Waals surface area contributed by atoms with Crippen LogP contribution < -0.4 is 5.73 Å². The SMILES string of the molecule is CCC(C)Sc1cc(N)ccn1. The number of aromatic nitrogens is 1. The molecule has 1 heterocycles. The lowest BCUT2D eigenvalue weighted by molar-refractivity contribution is 0.901. The summed E-state index contributed by atoms with van der Waals surface area (Å²) >= 11 is 1.77. The van der Waals surface area contributed by atoms with E-state index in [2.05, 4.69) is 18.8 Å². The number of nitrogen functional groups attached to an aromatic ring is 1. The van der Waals surface area contributed by atoms with Crippen molar-refractivity contribution in [3.8, 4) is 0 Å². The molecule has 12 heavy (non-hydrogen) atoms. The van der Waals surface area contributed by atoms with E-state index in [1.54, 1.807) is 24.0 Å². The molecule has 0 aromatic carbocycles. The Morgan fingerprint density at radius 3 is 3.00 bits per heavy atom. The topological polar surface area (TPSA) is 38.9 Å². The van der Waals surface area contributed by atoms with E-state index in [0.29, 0.717) is 5.25 Å². The summed E-state index contributed by atoms with van der Waals surface area (Å²) in [6.07, 6.45) is 2.90. The number of pyridine rings is 1. The smallest absolute Gasteiger partial charge is 0.0982 e. The molecule has 1 atom stereocenters. The summed E-state index contributed by atoms with van der Waals surface area (Å²) in [7, 11) is 0. The highest BCUT2D eigenvalue weighted by molar-refractivity contribution is 7.99. The van der Waals surface area contributed by atoms with Crippen molar-refractivity contribution in [1.82, 2.24) is 4.98 Å². The maximum absolute atomic E-state index is 5.62. The molecule has 2 N–H and O–H groups in total. The van der Waals surface area contributed by atoms with Crippen LogP contribution in [0.5, 0.6) is 0 Å². The van der Waals surface area contributed by atoms with Crippen molar-refractivity contribution in [2.24, 2.45) is 0 Å². The maximum atomic E-state index is 5.62. The second-order valence-electron chi connectivity index (χ2n) is 2.76. The molecule has 1 aromatic rings. The van der Waals surface area contributed by atoms with Gasteiger partial charge in [-0.25, -0.2) is 4.98 Å². The Bertz CT molecular complexity index is 250. The Balaban J connectivity index is 2.63. The summed E-state index contributed by atoms with van der Waals surface area (Å²) in [5.74, 6) is 0. The van der Waals surface area contributed by atoms with Crippen LogP contribution in [-0.4, -0.2) is 10.2 Å². The zero-order valence-electron chi connectivity index (χ0n) is 7.45. The fourth-order valence-electron chi connectivity index (χ4n) is 0.779. The van der Waals surface area contributed by atoms with Crippen molar-refractivity contribution in [3.63, 3.8) is 0 Å². The molecule has 1 rings (SSSR count). The highest BCUT2D eigenvalue weighted by Gasteiger charge is 2.02. The van der Waals surface area contributed by atoms with Crippen LogP contribution >= 0.6 is 11.8 Å². The van der Waals surface area contributed by atoms with Gasteiger partial charge in [-0.2, -0.15) is 0 Å². The Morgan fingerprint density at radius 2 is 2.42 bits per heavy atom. The van der Waals surface area contributed by atoms with Crippen LogP contribution in [0.3, 0.4) is 0 Å². The van der Waals surface area contributed by atoms with Gasteiger partial charge in [0.1, 0.15) is 0 Å². The summed E-state index contributed by atoms with van der Waals surface area (Å²) < 4.78 is 0. The van der Waals surface area contributed by atoms with E-state index >= 15 is 0 Å². The van der Waals surface area contributed by atoms with Crippen LogP contribution in [-0.2, 0) is 0 Å². The number of rotatable bonds is 3. The lowest BCUT2D eigenvalue weighted by atomic mass is 10.4. The quantitative estimate of drug-likeness (QED) is 0.730. The minimum Gasteiger partial charge on any atom is -0.399 e. The van der Waals surface area contributed by atoms with E-state index in [-0.39, 0.29) is 0 Å². The Morgan fingerprint density at radius 1 is 1.67 bits per heavy atom. The number of hydrogen-bond acceptors (Lipinski definition) is 3. The van der Waals surface area contributed by atoms with Crippen LogP contribution in [0.4, 0.5) is 5.69 Å². The fraction of sp³-hybridized carbons (Fsp3) is 0.444. The molecule has 0 radical (unpaired) electrons. The first-order valence-corrected chi connectivity index (χ1v) is 4.98. The van der Waals surface area contributed by atoms with Crippen molar-refractivity contribution in [1.29, 1.82) is 0 Å². The molecule has 0 spiro atoms. The second kappa shape index (κ2) is 4.36. The molecule has 0 aliphatic carbocycles. The lowest BCUT2D eigenvalue weighted by Crippen LogP contribution is -1.94. The Kier molecular flexibility index (Phi) is 3.41. The van der Waals surface area contributed by atoms with Crippen LogP contribution in [0.25, 0.3) is 0 Å². The molecular formula is C9H14N2S. The minimum absolute atomic E-state index is 0.610. The van der Waals surface area contributed by atoms with Crippen molar-refractivity contribution in [3.05, 3.63) is 18.3 Å². The highest BCUT2D eigenvalue weighted by Crippen LogP contribution is 2.23. The normalized spacial score (nSPS) is 12.8. The van der Waals surface area contributed by atoms with Gasteiger partial charge in [-0.3, -0.25) is 0 Å². The molecule has 0 fully saturated rings. The summed E-state index contributed by atoms with van der Waals surface area (Å²) in [5.41, 5.74) is 6.41. The van der Waals surface area contributed by atoms with Gasteiger partial charge in [0.2, 0.25) is 0 Å². The number of anilines is 1. The van der Waals surface area contributed by atoms with E-state index < -0.39 is 0 Å². The fourth-order valence-corrected chi connectivity index (χ4v) is 1.68. The standard InChI is InChI=1S/C9H14N2S/c1-3-7(2)12-9-6-8(10)4-5-11-9/h4-7H,3H2,1-2H3,(H2,10,11). The largest absolute Gasteiger partial charge is 0.399 e. The van der Waals surface area contributed by atoms with Gasteiger partial charge in [0.25, 0.3) is 0 Å². The zero-order chi connectivity index (χ0) is 8.97. The number of hydrogen-bond donors (Lipinski definition) is 1. The Labute approximate surface area is 77.6 Å². The van der Waals surface area contributed by atoms with E-state index in [4.69, 9.17) is 5.73 Å². The molecule has 0 saturated carbocycles. The molecule has 2 nitrogen and oxygen atoms in total. The molecule has 0 aliphatic heterocycles. The van der Waals surface area contributed by atoms with Gasteiger partial charge in [-0.05, 0) is 18.6 Å². The predicted octanol–water partition coefficient (Wildman–Crippen LogP) is 2.55. The van der Waals surface area contributed by atoms with Crippen LogP contribution in [0.2, 0.25) is 0 Å². The van der Waals surface area contributed by atoms with E-state index in [1.165, 1.54) is 0 Å². The van der Waals surface area contributed by atoms with E-state index in [9.17, 15) is 0 Å². The molecule has 3 heteroatoms. The minimum atomic E-state index is 0.610. The molecule has 1 unspecified atom stereocenters. The van der Waals surface area contributed by atoms with Gasteiger partial charge in [0.05, 0.1) is 5.03 Å². The molecule has 66 valence electrons. The third-order valence-corrected chi connectivity index (χ3v) is 2.86. The average molecular weight is 182 g/mol. The predicted molar refractivity (Wildman–Crippen MR) is 54.3 cm³/mol. The van der Waals surface area contributed by atoms with Gasteiger partial charge in [-0.1, -0.05) is 13.8 Å². The summed E-state index contributed by atoms with van der Waals surface area (Å²) in [4.78, 5) is 4.21. The van der Waals surface area contributed by atoms with Crippen molar-refractivity contribution in [2.45, 2.75) is 30.5 Å². The van der Waals surface area contributed by atoms with Gasteiger partial charge >= 0.3 is 0 Å². The Hall–Kier alpha value is -0.700. The third-order valence-electron chi connectivity index (χ3n) is 1.66.